The molecule has 0 saturated heterocycles. The Bertz CT molecular complexity index is 621. The lowest BCUT2D eigenvalue weighted by atomic mass is 10.1. The minimum atomic E-state index is -0.263. The molecule has 4 nitrogen and oxygen atoms in total. The molecule has 0 radical (unpaired) electrons. The van der Waals surface area contributed by atoms with E-state index in [0.717, 1.165) is 12.1 Å². The van der Waals surface area contributed by atoms with Gasteiger partial charge in [0.1, 0.15) is 11.3 Å². The van der Waals surface area contributed by atoms with Gasteiger partial charge in [-0.25, -0.2) is 0 Å². The number of benzene rings is 2. The molecule has 0 aromatic heterocycles. The monoisotopic (exact) mass is 284 g/mol. The van der Waals surface area contributed by atoms with Crippen LogP contribution >= 0.6 is 0 Å². The van der Waals surface area contributed by atoms with E-state index in [1.54, 1.807) is 18.2 Å². The number of rotatable bonds is 5. The summed E-state index contributed by atoms with van der Waals surface area (Å²) in [5, 5.41) is 2.85. The normalized spacial score (nSPS) is 10.2. The van der Waals surface area contributed by atoms with E-state index in [1.165, 1.54) is 5.56 Å². The van der Waals surface area contributed by atoms with Crippen LogP contribution in [0.4, 0.5) is 11.4 Å². The van der Waals surface area contributed by atoms with E-state index in [2.05, 4.69) is 12.2 Å². The van der Waals surface area contributed by atoms with Crippen LogP contribution in [0.3, 0.4) is 0 Å². The van der Waals surface area contributed by atoms with E-state index >= 15 is 0 Å². The van der Waals surface area contributed by atoms with Gasteiger partial charge in [0.2, 0.25) is 0 Å². The molecule has 4 heteroatoms. The third-order valence-electron chi connectivity index (χ3n) is 3.21. The summed E-state index contributed by atoms with van der Waals surface area (Å²) in [5.74, 6) is 0.237. The highest BCUT2D eigenvalue weighted by atomic mass is 16.5. The lowest BCUT2D eigenvalue weighted by molar-refractivity contribution is 0.102. The van der Waals surface area contributed by atoms with Crippen molar-refractivity contribution < 1.29 is 9.53 Å². The van der Waals surface area contributed by atoms with Crippen molar-refractivity contribution in [2.24, 2.45) is 0 Å². The largest absolute Gasteiger partial charge is 0.493 e. The highest BCUT2D eigenvalue weighted by molar-refractivity contribution is 6.09. The van der Waals surface area contributed by atoms with E-state index in [0.29, 0.717) is 23.6 Å². The minimum Gasteiger partial charge on any atom is -0.493 e. The number of aryl methyl sites for hydroxylation is 1. The number of nitrogens with one attached hydrogen (secondary N) is 1. The summed E-state index contributed by atoms with van der Waals surface area (Å²) in [6.45, 7) is 4.44. The number of amides is 1. The number of nitrogen functional groups attached to an aromatic ring is 1. The molecule has 0 aliphatic heterocycles. The third kappa shape index (κ3) is 3.54. The molecular weight excluding hydrogens is 264 g/mol. The van der Waals surface area contributed by atoms with Crippen molar-refractivity contribution >= 4 is 17.3 Å². The van der Waals surface area contributed by atoms with Gasteiger partial charge < -0.3 is 15.8 Å². The van der Waals surface area contributed by atoms with Crippen LogP contribution in [0.15, 0.2) is 42.5 Å². The van der Waals surface area contributed by atoms with Crippen LogP contribution in [0.1, 0.15) is 29.8 Å². The molecule has 21 heavy (non-hydrogen) atoms. The molecule has 0 heterocycles. The van der Waals surface area contributed by atoms with Crippen molar-refractivity contribution in [1.82, 2.24) is 0 Å². The Labute approximate surface area is 124 Å². The summed E-state index contributed by atoms with van der Waals surface area (Å²) < 4.78 is 5.47. The highest BCUT2D eigenvalue weighted by Crippen LogP contribution is 2.25. The van der Waals surface area contributed by atoms with Crippen LogP contribution in [-0.2, 0) is 6.42 Å². The second-order valence-corrected chi connectivity index (χ2v) is 4.66. The molecule has 2 aromatic rings. The highest BCUT2D eigenvalue weighted by Gasteiger charge is 2.16. The second kappa shape index (κ2) is 6.79. The first kappa shape index (κ1) is 14.9. The van der Waals surface area contributed by atoms with Gasteiger partial charge in [0, 0.05) is 11.4 Å². The van der Waals surface area contributed by atoms with E-state index < -0.39 is 0 Å². The number of carbonyl (C=O) groups excluding carboxylic acids is 1. The Morgan fingerprint density at radius 2 is 1.86 bits per heavy atom. The molecule has 2 aromatic carbocycles. The lowest BCUT2D eigenvalue weighted by Crippen LogP contribution is -2.15. The van der Waals surface area contributed by atoms with Gasteiger partial charge in [0.25, 0.3) is 5.91 Å². The smallest absolute Gasteiger partial charge is 0.261 e. The maximum absolute atomic E-state index is 12.4. The number of anilines is 2. The Morgan fingerprint density at radius 1 is 1.14 bits per heavy atom. The van der Waals surface area contributed by atoms with E-state index in [4.69, 9.17) is 10.5 Å². The molecule has 0 saturated carbocycles. The van der Waals surface area contributed by atoms with Crippen molar-refractivity contribution in [2.75, 3.05) is 17.7 Å². The first-order valence-corrected chi connectivity index (χ1v) is 7.07. The molecular formula is C17H20N2O2. The van der Waals surface area contributed by atoms with Crippen LogP contribution in [-0.4, -0.2) is 12.5 Å². The number of ether oxygens (including phenoxy) is 1. The van der Waals surface area contributed by atoms with E-state index in [-0.39, 0.29) is 5.91 Å². The Kier molecular flexibility index (Phi) is 4.82. The molecule has 0 fully saturated rings. The molecule has 110 valence electrons. The molecule has 0 spiro atoms. The van der Waals surface area contributed by atoms with Crippen LogP contribution in [0.5, 0.6) is 5.75 Å². The topological polar surface area (TPSA) is 64.3 Å². The lowest BCUT2D eigenvalue weighted by Gasteiger charge is -2.13. The fourth-order valence-corrected chi connectivity index (χ4v) is 2.08. The number of hydrogen-bond acceptors (Lipinski definition) is 3. The Morgan fingerprint density at radius 3 is 2.48 bits per heavy atom. The van der Waals surface area contributed by atoms with Gasteiger partial charge in [-0.15, -0.1) is 0 Å². The van der Waals surface area contributed by atoms with Gasteiger partial charge in [-0.1, -0.05) is 25.1 Å². The van der Waals surface area contributed by atoms with Crippen molar-refractivity contribution in [2.45, 2.75) is 20.3 Å². The molecule has 3 N–H and O–H groups in total. The van der Waals surface area contributed by atoms with Gasteiger partial charge in [-0.2, -0.15) is 0 Å². The zero-order valence-electron chi connectivity index (χ0n) is 12.3. The molecule has 0 bridgehead atoms. The average molecular weight is 284 g/mol. The fourth-order valence-electron chi connectivity index (χ4n) is 2.08. The summed E-state index contributed by atoms with van der Waals surface area (Å²) >= 11 is 0. The van der Waals surface area contributed by atoms with E-state index in [9.17, 15) is 4.79 Å². The molecule has 2 rings (SSSR count). The SMILES string of the molecule is CCOc1cccc(N)c1C(=O)Nc1ccc(CC)cc1. The van der Waals surface area contributed by atoms with Crippen LogP contribution in [0.25, 0.3) is 0 Å². The van der Waals surface area contributed by atoms with Crippen LogP contribution < -0.4 is 15.8 Å². The zero-order chi connectivity index (χ0) is 15.2. The number of hydrogen-bond donors (Lipinski definition) is 2. The van der Waals surface area contributed by atoms with Gasteiger partial charge >= 0.3 is 0 Å². The molecule has 0 unspecified atom stereocenters. The third-order valence-corrected chi connectivity index (χ3v) is 3.21. The summed E-state index contributed by atoms with van der Waals surface area (Å²) in [5.41, 5.74) is 8.65. The first-order valence-electron chi connectivity index (χ1n) is 7.07. The predicted octanol–water partition coefficient (Wildman–Crippen LogP) is 3.48. The number of carbonyl (C=O) groups is 1. The Balaban J connectivity index is 2.23. The van der Waals surface area contributed by atoms with Crippen molar-refractivity contribution in [3.05, 3.63) is 53.6 Å². The molecule has 0 atom stereocenters. The number of nitrogens with two attached hydrogens (primary N) is 1. The first-order chi connectivity index (χ1) is 10.2. The van der Waals surface area contributed by atoms with Gasteiger partial charge in [0.05, 0.1) is 6.61 Å². The standard InChI is InChI=1S/C17H20N2O2/c1-3-12-8-10-13(11-9-12)19-17(20)16-14(18)6-5-7-15(16)21-4-2/h5-11H,3-4,18H2,1-2H3,(H,19,20). The summed E-state index contributed by atoms with van der Waals surface area (Å²) in [6, 6.07) is 13.0. The maximum atomic E-state index is 12.4. The Hall–Kier alpha value is -2.49. The predicted molar refractivity (Wildman–Crippen MR) is 85.8 cm³/mol. The van der Waals surface area contributed by atoms with Crippen molar-refractivity contribution in [3.63, 3.8) is 0 Å². The van der Waals surface area contributed by atoms with Gasteiger partial charge in [-0.05, 0) is 43.2 Å². The minimum absolute atomic E-state index is 0.263. The average Bonchev–Trinajstić information content (AvgIpc) is 2.48. The van der Waals surface area contributed by atoms with Crippen LogP contribution in [0, 0.1) is 0 Å². The summed E-state index contributed by atoms with van der Waals surface area (Å²) in [4.78, 5) is 12.4. The fraction of sp³-hybridized carbons (Fsp3) is 0.235. The zero-order valence-corrected chi connectivity index (χ0v) is 12.3. The molecule has 1 amide bonds. The summed E-state index contributed by atoms with van der Waals surface area (Å²) in [6.07, 6.45) is 0.967. The molecule has 0 aliphatic carbocycles. The van der Waals surface area contributed by atoms with Gasteiger partial charge in [-0.3, -0.25) is 4.79 Å². The van der Waals surface area contributed by atoms with E-state index in [1.807, 2.05) is 31.2 Å². The molecule has 0 aliphatic rings. The quantitative estimate of drug-likeness (QED) is 0.826. The van der Waals surface area contributed by atoms with Crippen LogP contribution in [0.2, 0.25) is 0 Å². The second-order valence-electron chi connectivity index (χ2n) is 4.66. The van der Waals surface area contributed by atoms with Crippen molar-refractivity contribution in [1.29, 1.82) is 0 Å². The summed E-state index contributed by atoms with van der Waals surface area (Å²) in [7, 11) is 0. The van der Waals surface area contributed by atoms with Crippen molar-refractivity contribution in [3.8, 4) is 5.75 Å². The van der Waals surface area contributed by atoms with Gasteiger partial charge in [0.15, 0.2) is 0 Å². The maximum Gasteiger partial charge on any atom is 0.261 e.